The van der Waals surface area contributed by atoms with E-state index in [4.69, 9.17) is 27.9 Å². The van der Waals surface area contributed by atoms with Crippen LogP contribution in [-0.4, -0.2) is 12.1 Å². The van der Waals surface area contributed by atoms with Gasteiger partial charge < -0.3 is 4.74 Å². The number of nitrogens with zero attached hydrogens (tertiary/aromatic N) is 1. The van der Waals surface area contributed by atoms with Gasteiger partial charge in [0, 0.05) is 21.2 Å². The van der Waals surface area contributed by atoms with Gasteiger partial charge in [0.1, 0.15) is 12.4 Å². The summed E-state index contributed by atoms with van der Waals surface area (Å²) in [7, 11) is 0. The van der Waals surface area contributed by atoms with Gasteiger partial charge in [-0.25, -0.2) is 5.43 Å². The van der Waals surface area contributed by atoms with Gasteiger partial charge in [-0.2, -0.15) is 5.10 Å². The monoisotopic (exact) mass is 412 g/mol. The molecule has 0 atom stereocenters. The lowest BCUT2D eigenvalue weighted by molar-refractivity contribution is 0.0954. The maximum atomic E-state index is 12.3. The van der Waals surface area contributed by atoms with Gasteiger partial charge in [0.2, 0.25) is 0 Å². The van der Waals surface area contributed by atoms with Crippen molar-refractivity contribution in [3.8, 4) is 5.75 Å². The Morgan fingerprint density at radius 2 is 1.82 bits per heavy atom. The maximum absolute atomic E-state index is 12.3. The fourth-order valence-electron chi connectivity index (χ4n) is 2.59. The van der Waals surface area contributed by atoms with E-state index in [1.165, 1.54) is 6.21 Å². The predicted octanol–water partition coefficient (Wildman–Crippen LogP) is 5.64. The Kier molecular flexibility index (Phi) is 6.69. The number of halogens is 2. The molecule has 0 saturated heterocycles. The maximum Gasteiger partial charge on any atom is 0.271 e. The van der Waals surface area contributed by atoms with Crippen molar-refractivity contribution < 1.29 is 9.53 Å². The number of carbonyl (C=O) groups excluding carboxylic acids is 1. The van der Waals surface area contributed by atoms with Crippen molar-refractivity contribution in [3.05, 3.63) is 99.0 Å². The fourth-order valence-corrected chi connectivity index (χ4v) is 2.98. The van der Waals surface area contributed by atoms with Crippen LogP contribution in [0.2, 0.25) is 10.0 Å². The highest BCUT2D eigenvalue weighted by molar-refractivity contribution is 6.31. The molecule has 0 saturated carbocycles. The van der Waals surface area contributed by atoms with Gasteiger partial charge in [-0.05, 0) is 54.4 Å². The average Bonchev–Trinajstić information content (AvgIpc) is 2.67. The van der Waals surface area contributed by atoms with Gasteiger partial charge >= 0.3 is 0 Å². The number of ether oxygens (including phenoxy) is 1. The molecule has 4 nitrogen and oxygen atoms in total. The van der Waals surface area contributed by atoms with Crippen molar-refractivity contribution in [2.75, 3.05) is 0 Å². The summed E-state index contributed by atoms with van der Waals surface area (Å²) < 4.78 is 5.87. The summed E-state index contributed by atoms with van der Waals surface area (Å²) in [4.78, 5) is 12.3. The van der Waals surface area contributed by atoms with Gasteiger partial charge in [-0.3, -0.25) is 4.79 Å². The third kappa shape index (κ3) is 5.35. The fraction of sp³-hybridized carbons (Fsp3) is 0.0909. The molecule has 0 aliphatic rings. The van der Waals surface area contributed by atoms with E-state index in [1.54, 1.807) is 24.3 Å². The largest absolute Gasteiger partial charge is 0.488 e. The number of rotatable bonds is 6. The molecular weight excluding hydrogens is 395 g/mol. The Morgan fingerprint density at radius 3 is 2.61 bits per heavy atom. The molecule has 1 N–H and O–H groups in total. The molecule has 3 aromatic carbocycles. The van der Waals surface area contributed by atoms with Crippen LogP contribution in [0.1, 0.15) is 27.0 Å². The molecular formula is C22H18Cl2N2O2. The Balaban J connectivity index is 1.70. The first-order chi connectivity index (χ1) is 13.5. The first-order valence-electron chi connectivity index (χ1n) is 8.59. The molecule has 6 heteroatoms. The van der Waals surface area contributed by atoms with E-state index in [-0.39, 0.29) is 5.91 Å². The van der Waals surface area contributed by atoms with Crippen molar-refractivity contribution in [1.29, 1.82) is 0 Å². The minimum absolute atomic E-state index is 0.280. The zero-order valence-electron chi connectivity index (χ0n) is 15.2. The van der Waals surface area contributed by atoms with Gasteiger partial charge in [-0.15, -0.1) is 0 Å². The molecule has 0 unspecified atom stereocenters. The lowest BCUT2D eigenvalue weighted by Crippen LogP contribution is -2.18. The topological polar surface area (TPSA) is 50.7 Å². The Labute approximate surface area is 173 Å². The molecule has 0 spiro atoms. The minimum atomic E-state index is -0.280. The molecule has 0 radical (unpaired) electrons. The van der Waals surface area contributed by atoms with E-state index in [0.717, 1.165) is 11.1 Å². The van der Waals surface area contributed by atoms with Crippen molar-refractivity contribution >= 4 is 35.3 Å². The molecule has 142 valence electrons. The van der Waals surface area contributed by atoms with Crippen LogP contribution in [0.3, 0.4) is 0 Å². The van der Waals surface area contributed by atoms with E-state index in [1.807, 2.05) is 49.4 Å². The second-order valence-electron chi connectivity index (χ2n) is 6.11. The summed E-state index contributed by atoms with van der Waals surface area (Å²) in [5.74, 6) is 0.316. The normalized spacial score (nSPS) is 10.8. The van der Waals surface area contributed by atoms with Crippen molar-refractivity contribution in [1.82, 2.24) is 5.43 Å². The second kappa shape index (κ2) is 9.40. The summed E-state index contributed by atoms with van der Waals surface area (Å²) in [5, 5.41) is 5.24. The molecule has 0 aliphatic heterocycles. The van der Waals surface area contributed by atoms with Crippen LogP contribution in [0.4, 0.5) is 0 Å². The van der Waals surface area contributed by atoms with Crippen LogP contribution in [0, 0.1) is 6.92 Å². The summed E-state index contributed by atoms with van der Waals surface area (Å²) in [6.07, 6.45) is 1.51. The Bertz CT molecular complexity index is 1020. The van der Waals surface area contributed by atoms with Gasteiger partial charge in [0.05, 0.1) is 6.21 Å². The molecule has 3 aromatic rings. The molecule has 0 heterocycles. The lowest BCUT2D eigenvalue weighted by atomic mass is 10.1. The van der Waals surface area contributed by atoms with Gasteiger partial charge in [0.25, 0.3) is 5.91 Å². The van der Waals surface area contributed by atoms with Crippen LogP contribution in [0.15, 0.2) is 71.8 Å². The van der Waals surface area contributed by atoms with Crippen LogP contribution in [-0.2, 0) is 6.61 Å². The van der Waals surface area contributed by atoms with E-state index < -0.39 is 0 Å². The number of hydrogen-bond donors (Lipinski definition) is 1. The smallest absolute Gasteiger partial charge is 0.271 e. The molecule has 3 rings (SSSR count). The highest BCUT2D eigenvalue weighted by Gasteiger charge is 2.07. The number of benzene rings is 3. The third-order valence-corrected chi connectivity index (χ3v) is 4.48. The molecule has 0 aliphatic carbocycles. The number of hydrogen-bond acceptors (Lipinski definition) is 3. The first kappa shape index (κ1) is 19.9. The quantitative estimate of drug-likeness (QED) is 0.420. The first-order valence-corrected chi connectivity index (χ1v) is 9.34. The Morgan fingerprint density at radius 1 is 1.04 bits per heavy atom. The average molecular weight is 413 g/mol. The van der Waals surface area contributed by atoms with Crippen molar-refractivity contribution in [2.45, 2.75) is 13.5 Å². The molecule has 28 heavy (non-hydrogen) atoms. The summed E-state index contributed by atoms with van der Waals surface area (Å²) in [5.41, 5.74) is 5.58. The van der Waals surface area contributed by atoms with Crippen molar-refractivity contribution in [2.24, 2.45) is 5.10 Å². The van der Waals surface area contributed by atoms with E-state index >= 15 is 0 Å². The number of aryl methyl sites for hydroxylation is 1. The minimum Gasteiger partial charge on any atom is -0.488 e. The van der Waals surface area contributed by atoms with Crippen LogP contribution in [0.5, 0.6) is 5.75 Å². The second-order valence-corrected chi connectivity index (χ2v) is 6.99. The highest BCUT2D eigenvalue weighted by Crippen LogP contribution is 2.23. The lowest BCUT2D eigenvalue weighted by Gasteiger charge is -2.10. The number of carbonyl (C=O) groups is 1. The summed E-state index contributed by atoms with van der Waals surface area (Å²) in [6.45, 7) is 2.22. The molecule has 0 aromatic heterocycles. The number of nitrogens with one attached hydrogen (secondary N) is 1. The highest BCUT2D eigenvalue weighted by atomic mass is 35.5. The van der Waals surface area contributed by atoms with Gasteiger partial charge in [0.15, 0.2) is 0 Å². The summed E-state index contributed by atoms with van der Waals surface area (Å²) in [6, 6.07) is 20.0. The Hall–Kier alpha value is -2.82. The van der Waals surface area contributed by atoms with E-state index in [0.29, 0.717) is 33.5 Å². The van der Waals surface area contributed by atoms with Crippen molar-refractivity contribution in [3.63, 3.8) is 0 Å². The molecule has 0 bridgehead atoms. The number of amides is 1. The zero-order valence-corrected chi connectivity index (χ0v) is 16.7. The standard InChI is InChI=1S/C22H18Cl2N2O2/c1-15-5-2-3-8-20(15)22(27)26-25-13-17-12-19(24)9-10-21(17)28-14-16-6-4-7-18(23)11-16/h2-13H,14H2,1H3,(H,26,27)/b25-13-. The van der Waals surface area contributed by atoms with Crippen LogP contribution in [0.25, 0.3) is 0 Å². The molecule has 0 fully saturated rings. The third-order valence-electron chi connectivity index (χ3n) is 4.01. The predicted molar refractivity (Wildman–Crippen MR) is 113 cm³/mol. The molecule has 1 amide bonds. The SMILES string of the molecule is Cc1ccccc1C(=O)N/N=C\c1cc(Cl)ccc1OCc1cccc(Cl)c1. The van der Waals surface area contributed by atoms with Gasteiger partial charge in [-0.1, -0.05) is 53.5 Å². The number of hydrazone groups is 1. The summed E-state index contributed by atoms with van der Waals surface area (Å²) >= 11 is 12.1. The van der Waals surface area contributed by atoms with E-state index in [2.05, 4.69) is 10.5 Å². The van der Waals surface area contributed by atoms with E-state index in [9.17, 15) is 4.79 Å². The van der Waals surface area contributed by atoms with Crippen LogP contribution < -0.4 is 10.2 Å². The zero-order chi connectivity index (χ0) is 19.9. The van der Waals surface area contributed by atoms with Crippen LogP contribution >= 0.6 is 23.2 Å².